The Kier molecular flexibility index (Phi) is 6.11. The van der Waals surface area contributed by atoms with E-state index in [2.05, 4.69) is 5.10 Å². The molecule has 0 saturated carbocycles. The van der Waals surface area contributed by atoms with Gasteiger partial charge in [-0.15, -0.1) is 11.3 Å². The molecule has 3 aromatic heterocycles. The van der Waals surface area contributed by atoms with Crippen LogP contribution in [0.15, 0.2) is 72.5 Å². The summed E-state index contributed by atoms with van der Waals surface area (Å²) in [6.07, 6.45) is 1.56. The molecule has 12 heteroatoms. The van der Waals surface area contributed by atoms with Crippen molar-refractivity contribution in [2.45, 2.75) is 18.6 Å². The van der Waals surface area contributed by atoms with Crippen LogP contribution >= 0.6 is 22.9 Å². The molecule has 38 heavy (non-hydrogen) atoms. The van der Waals surface area contributed by atoms with Crippen LogP contribution in [0.1, 0.15) is 28.6 Å². The van der Waals surface area contributed by atoms with Gasteiger partial charge in [0, 0.05) is 36.3 Å². The van der Waals surface area contributed by atoms with Gasteiger partial charge in [0.1, 0.15) is 11.8 Å². The highest BCUT2D eigenvalue weighted by Gasteiger charge is 2.37. The van der Waals surface area contributed by atoms with E-state index in [1.54, 1.807) is 15.8 Å². The van der Waals surface area contributed by atoms with Gasteiger partial charge in [-0.2, -0.15) is 18.3 Å². The van der Waals surface area contributed by atoms with Crippen LogP contribution < -0.4 is 4.74 Å². The maximum absolute atomic E-state index is 13.5. The van der Waals surface area contributed by atoms with Crippen molar-refractivity contribution < 1.29 is 22.7 Å². The lowest BCUT2D eigenvalue weighted by Crippen LogP contribution is -2.43. The highest BCUT2D eigenvalue weighted by atomic mass is 35.5. The number of carbonyl (C=O) groups is 1. The van der Waals surface area contributed by atoms with Gasteiger partial charge in [-0.1, -0.05) is 29.8 Å². The molecule has 0 fully saturated rings. The molecule has 2 aromatic carbocycles. The minimum absolute atomic E-state index is 0.00346. The van der Waals surface area contributed by atoms with Gasteiger partial charge in [0.2, 0.25) is 0 Å². The van der Waals surface area contributed by atoms with E-state index < -0.39 is 24.4 Å². The van der Waals surface area contributed by atoms with Gasteiger partial charge in [0.15, 0.2) is 11.6 Å². The molecule has 1 unspecified atom stereocenters. The molecule has 7 nitrogen and oxygen atoms in total. The number of amides is 1. The summed E-state index contributed by atoms with van der Waals surface area (Å²) in [5.41, 5.74) is 2.57. The normalized spacial score (nSPS) is 15.6. The minimum Gasteiger partial charge on any atom is -0.482 e. The lowest BCUT2D eigenvalue weighted by atomic mass is 9.97. The van der Waals surface area contributed by atoms with E-state index in [9.17, 15) is 18.0 Å². The highest BCUT2D eigenvalue weighted by Crippen LogP contribution is 2.38. The maximum atomic E-state index is 13.5. The fourth-order valence-corrected chi connectivity index (χ4v) is 5.62. The highest BCUT2D eigenvalue weighted by molar-refractivity contribution is 7.15. The zero-order valence-electron chi connectivity index (χ0n) is 19.6. The number of alkyl halides is 3. The van der Waals surface area contributed by atoms with Crippen molar-refractivity contribution >= 4 is 33.8 Å². The topological polar surface area (TPSA) is 64.7 Å². The molecule has 1 aliphatic rings. The first-order valence-electron chi connectivity index (χ1n) is 11.6. The predicted molar refractivity (Wildman–Crippen MR) is 136 cm³/mol. The molecule has 1 amide bonds. The molecule has 0 N–H and O–H groups in total. The van der Waals surface area contributed by atoms with Gasteiger partial charge in [0.25, 0.3) is 5.91 Å². The maximum Gasteiger partial charge on any atom is 0.416 e. The smallest absolute Gasteiger partial charge is 0.416 e. The Hall–Kier alpha value is -3.83. The standard InChI is InChI=1S/C26H19ClF3N5O2S/c27-19-12-17(26(28,29)30)6-7-21(19)37-15-22(36)33-9-8-20-24(34-10-11-38-25(34)32-20)23(33)16-13-31-35(14-16)18-4-2-1-3-5-18/h1-7,10-14,23H,8-9,15H2. The van der Waals surface area contributed by atoms with E-state index in [4.69, 9.17) is 21.3 Å². The van der Waals surface area contributed by atoms with E-state index in [0.29, 0.717) is 13.0 Å². The minimum atomic E-state index is -4.53. The average molecular weight is 558 g/mol. The van der Waals surface area contributed by atoms with Gasteiger partial charge in [-0.3, -0.25) is 9.20 Å². The van der Waals surface area contributed by atoms with Crippen LogP contribution in [0.4, 0.5) is 13.2 Å². The van der Waals surface area contributed by atoms with Crippen molar-refractivity contribution in [3.63, 3.8) is 0 Å². The number of fused-ring (bicyclic) bond motifs is 3. The molecule has 0 aliphatic carbocycles. The van der Waals surface area contributed by atoms with Crippen molar-refractivity contribution in [2.75, 3.05) is 13.2 Å². The van der Waals surface area contributed by atoms with Crippen molar-refractivity contribution in [2.24, 2.45) is 0 Å². The van der Waals surface area contributed by atoms with Crippen LogP contribution in [0.5, 0.6) is 5.75 Å². The summed E-state index contributed by atoms with van der Waals surface area (Å²) >= 11 is 7.53. The molecule has 5 aromatic rings. The molecule has 4 heterocycles. The molecular formula is C26H19ClF3N5O2S. The van der Waals surface area contributed by atoms with Gasteiger partial charge in [-0.25, -0.2) is 9.67 Å². The second-order valence-corrected chi connectivity index (χ2v) is 10.0. The van der Waals surface area contributed by atoms with E-state index >= 15 is 0 Å². The molecule has 0 bridgehead atoms. The number of ether oxygens (including phenoxy) is 1. The van der Waals surface area contributed by atoms with Crippen molar-refractivity contribution in [3.8, 4) is 11.4 Å². The number of para-hydroxylation sites is 1. The summed E-state index contributed by atoms with van der Waals surface area (Å²) < 4.78 is 48.3. The Labute approximate surface area is 223 Å². The number of halogens is 4. The van der Waals surface area contributed by atoms with Crippen LogP contribution in [0.2, 0.25) is 5.02 Å². The Morgan fingerprint density at radius 2 is 2.00 bits per heavy atom. The lowest BCUT2D eigenvalue weighted by molar-refractivity contribution is -0.138. The summed E-state index contributed by atoms with van der Waals surface area (Å²) in [6.45, 7) is -0.00270. The predicted octanol–water partition coefficient (Wildman–Crippen LogP) is 5.81. The summed E-state index contributed by atoms with van der Waals surface area (Å²) in [5.74, 6) is -0.335. The lowest BCUT2D eigenvalue weighted by Gasteiger charge is -2.35. The van der Waals surface area contributed by atoms with E-state index in [-0.39, 0.29) is 16.7 Å². The van der Waals surface area contributed by atoms with E-state index in [1.807, 2.05) is 52.5 Å². The summed E-state index contributed by atoms with van der Waals surface area (Å²) in [4.78, 5) is 20.8. The summed E-state index contributed by atoms with van der Waals surface area (Å²) in [6, 6.07) is 11.9. The van der Waals surface area contributed by atoms with E-state index in [1.165, 1.54) is 11.3 Å². The Morgan fingerprint density at radius 1 is 1.18 bits per heavy atom. The Balaban J connectivity index is 1.31. The molecule has 6 rings (SSSR count). The number of benzene rings is 2. The van der Waals surface area contributed by atoms with Crippen LogP contribution in [0, 0.1) is 0 Å². The largest absolute Gasteiger partial charge is 0.482 e. The second kappa shape index (κ2) is 9.48. The first kappa shape index (κ1) is 24.5. The first-order valence-corrected chi connectivity index (χ1v) is 12.9. The summed E-state index contributed by atoms with van der Waals surface area (Å²) in [7, 11) is 0. The van der Waals surface area contributed by atoms with Crippen LogP contribution in [0.3, 0.4) is 0 Å². The SMILES string of the molecule is O=C(COc1ccc(C(F)(F)F)cc1Cl)N1CCc2nc3sccn3c2C1c1cnn(-c2ccccc2)c1. The number of aromatic nitrogens is 4. The van der Waals surface area contributed by atoms with Crippen LogP contribution in [0.25, 0.3) is 10.6 Å². The van der Waals surface area contributed by atoms with Gasteiger partial charge >= 0.3 is 6.18 Å². The molecule has 1 aliphatic heterocycles. The number of rotatable bonds is 5. The number of hydrogen-bond donors (Lipinski definition) is 0. The molecular weight excluding hydrogens is 539 g/mol. The number of thiazole rings is 1. The van der Waals surface area contributed by atoms with Gasteiger partial charge < -0.3 is 9.64 Å². The third kappa shape index (κ3) is 4.41. The van der Waals surface area contributed by atoms with Crippen LogP contribution in [-0.4, -0.2) is 43.1 Å². The Bertz CT molecular complexity index is 1630. The van der Waals surface area contributed by atoms with Crippen molar-refractivity contribution in [1.29, 1.82) is 0 Å². The first-order chi connectivity index (χ1) is 18.3. The molecule has 194 valence electrons. The fourth-order valence-electron chi connectivity index (χ4n) is 4.65. The fraction of sp³-hybridized carbons (Fsp3) is 0.192. The molecule has 0 radical (unpaired) electrons. The second-order valence-electron chi connectivity index (χ2n) is 8.72. The zero-order chi connectivity index (χ0) is 26.4. The van der Waals surface area contributed by atoms with Crippen molar-refractivity contribution in [1.82, 2.24) is 24.1 Å². The molecule has 0 saturated heterocycles. The van der Waals surface area contributed by atoms with E-state index in [0.717, 1.165) is 45.8 Å². The zero-order valence-corrected chi connectivity index (χ0v) is 21.2. The molecule has 0 spiro atoms. The summed E-state index contributed by atoms with van der Waals surface area (Å²) in [5, 5.41) is 6.24. The van der Waals surface area contributed by atoms with Gasteiger partial charge in [0.05, 0.1) is 33.9 Å². The number of nitrogens with zero attached hydrogens (tertiary/aromatic N) is 5. The number of hydrogen-bond acceptors (Lipinski definition) is 5. The average Bonchev–Trinajstić information content (AvgIpc) is 3.64. The Morgan fingerprint density at radius 3 is 2.76 bits per heavy atom. The third-order valence-corrected chi connectivity index (χ3v) is 7.46. The third-order valence-electron chi connectivity index (χ3n) is 6.41. The monoisotopic (exact) mass is 557 g/mol. The number of carbonyl (C=O) groups excluding carboxylic acids is 1. The van der Waals surface area contributed by atoms with Crippen LogP contribution in [-0.2, 0) is 17.4 Å². The molecule has 1 atom stereocenters. The number of imidazole rings is 1. The van der Waals surface area contributed by atoms with Gasteiger partial charge in [-0.05, 0) is 30.3 Å². The van der Waals surface area contributed by atoms with Crippen molar-refractivity contribution in [3.05, 3.63) is 100 Å². The quantitative estimate of drug-likeness (QED) is 0.274.